The van der Waals surface area contributed by atoms with Gasteiger partial charge in [0.1, 0.15) is 24.7 Å². The Morgan fingerprint density at radius 2 is 2.11 bits per heavy atom. The van der Waals surface area contributed by atoms with E-state index in [1.807, 2.05) is 0 Å². The Morgan fingerprint density at radius 1 is 1.36 bits per heavy atom. The lowest BCUT2D eigenvalue weighted by molar-refractivity contribution is -0.415. The fourth-order valence-electron chi connectivity index (χ4n) is 3.52. The normalized spacial score (nSPS) is 18.3. The largest absolute Gasteiger partial charge is 0.466 e. The number of esters is 1. The van der Waals surface area contributed by atoms with Gasteiger partial charge in [-0.2, -0.15) is 5.26 Å². The van der Waals surface area contributed by atoms with E-state index in [1.165, 1.54) is 11.8 Å². The molecular formula is C20H28N3O4S+. The van der Waals surface area contributed by atoms with Gasteiger partial charge in [-0.25, -0.2) is 4.98 Å². The molecule has 1 aromatic heterocycles. The molecule has 0 saturated carbocycles. The number of aromatic amines is 1. The van der Waals surface area contributed by atoms with Crippen LogP contribution in [0, 0.1) is 11.3 Å². The van der Waals surface area contributed by atoms with E-state index in [4.69, 9.17) is 14.2 Å². The summed E-state index contributed by atoms with van der Waals surface area (Å²) in [5.74, 6) is 1.35. The van der Waals surface area contributed by atoms with E-state index >= 15 is 0 Å². The topological polar surface area (TPSA) is 85.9 Å². The zero-order valence-electron chi connectivity index (χ0n) is 16.8. The number of hydrogen-bond acceptors (Lipinski definition) is 7. The van der Waals surface area contributed by atoms with Gasteiger partial charge in [-0.05, 0) is 26.3 Å². The monoisotopic (exact) mass is 406 g/mol. The quantitative estimate of drug-likeness (QED) is 0.528. The van der Waals surface area contributed by atoms with Crippen molar-refractivity contribution in [3.63, 3.8) is 0 Å². The summed E-state index contributed by atoms with van der Waals surface area (Å²) in [5.41, 5.74) is 2.47. The van der Waals surface area contributed by atoms with Crippen LogP contribution in [0.25, 0.3) is 0 Å². The molecule has 152 valence electrons. The minimum Gasteiger partial charge on any atom is -0.466 e. The number of hydrogen-bond donors (Lipinski definition) is 0. The fraction of sp³-hybridized carbons (Fsp3) is 0.650. The lowest BCUT2D eigenvalue weighted by Crippen LogP contribution is -2.43. The van der Waals surface area contributed by atoms with Crippen LogP contribution in [0.5, 0.6) is 0 Å². The number of pyridine rings is 1. The van der Waals surface area contributed by atoms with Crippen molar-refractivity contribution >= 4 is 23.5 Å². The van der Waals surface area contributed by atoms with Crippen molar-refractivity contribution in [2.45, 2.75) is 50.8 Å². The van der Waals surface area contributed by atoms with Crippen LogP contribution in [-0.4, -0.2) is 50.2 Å². The van der Waals surface area contributed by atoms with Gasteiger partial charge in [-0.1, -0.05) is 11.8 Å². The highest BCUT2D eigenvalue weighted by molar-refractivity contribution is 7.99. The Morgan fingerprint density at radius 3 is 2.79 bits per heavy atom. The number of anilines is 1. The summed E-state index contributed by atoms with van der Waals surface area (Å²) in [6.07, 6.45) is 0.998. The Bertz CT molecular complexity index is 770. The predicted molar refractivity (Wildman–Crippen MR) is 105 cm³/mol. The number of rotatable bonds is 6. The van der Waals surface area contributed by atoms with E-state index in [1.54, 1.807) is 6.92 Å². The second kappa shape index (κ2) is 9.12. The van der Waals surface area contributed by atoms with Crippen molar-refractivity contribution in [1.82, 2.24) is 0 Å². The third-order valence-corrected chi connectivity index (χ3v) is 5.92. The van der Waals surface area contributed by atoms with Crippen molar-refractivity contribution in [2.24, 2.45) is 0 Å². The molecule has 0 spiro atoms. The molecule has 8 heteroatoms. The summed E-state index contributed by atoms with van der Waals surface area (Å²) >= 11 is 1.50. The molecule has 0 amide bonds. The molecule has 1 saturated heterocycles. The number of nitrogens with one attached hydrogen (secondary N) is 1. The number of nitriles is 1. The molecule has 1 aromatic rings. The number of ether oxygens (including phenoxy) is 3. The van der Waals surface area contributed by atoms with Crippen LogP contribution < -0.4 is 9.88 Å². The second-order valence-electron chi connectivity index (χ2n) is 7.47. The molecule has 3 heterocycles. The molecule has 1 N–H and O–H groups in total. The predicted octanol–water partition coefficient (Wildman–Crippen LogP) is 2.11. The van der Waals surface area contributed by atoms with Crippen molar-refractivity contribution in [3.8, 4) is 6.07 Å². The van der Waals surface area contributed by atoms with Crippen LogP contribution >= 0.6 is 11.8 Å². The maximum absolute atomic E-state index is 11.7. The van der Waals surface area contributed by atoms with Gasteiger partial charge in [0, 0.05) is 12.2 Å². The highest BCUT2D eigenvalue weighted by Gasteiger charge is 2.36. The molecular weight excluding hydrogens is 378 g/mol. The third kappa shape index (κ3) is 4.77. The minimum absolute atomic E-state index is 0.214. The highest BCUT2D eigenvalue weighted by Crippen LogP contribution is 2.36. The van der Waals surface area contributed by atoms with Crippen LogP contribution in [0.3, 0.4) is 0 Å². The van der Waals surface area contributed by atoms with Gasteiger partial charge in [0.15, 0.2) is 5.03 Å². The first-order valence-electron chi connectivity index (χ1n) is 9.71. The number of H-pyrrole nitrogens is 1. The molecule has 0 unspecified atom stereocenters. The molecule has 2 aliphatic heterocycles. The van der Waals surface area contributed by atoms with Crippen LogP contribution in [0.15, 0.2) is 5.03 Å². The fourth-order valence-corrected chi connectivity index (χ4v) is 4.48. The van der Waals surface area contributed by atoms with Gasteiger partial charge in [0.05, 0.1) is 44.0 Å². The number of nitrogens with zero attached hydrogens (tertiary/aromatic N) is 2. The van der Waals surface area contributed by atoms with Crippen molar-refractivity contribution in [2.75, 3.05) is 43.6 Å². The summed E-state index contributed by atoms with van der Waals surface area (Å²) in [7, 11) is 0. The van der Waals surface area contributed by atoms with Gasteiger partial charge in [0.25, 0.3) is 5.82 Å². The minimum atomic E-state index is -0.310. The third-order valence-electron chi connectivity index (χ3n) is 4.92. The molecule has 0 aliphatic carbocycles. The lowest BCUT2D eigenvalue weighted by atomic mass is 9.89. The number of fused-ring (bicyclic) bond motifs is 1. The summed E-state index contributed by atoms with van der Waals surface area (Å²) in [4.78, 5) is 17.4. The van der Waals surface area contributed by atoms with Crippen LogP contribution in [-0.2, 0) is 32.0 Å². The average Bonchev–Trinajstić information content (AvgIpc) is 2.67. The Labute approximate surface area is 170 Å². The Kier molecular flexibility index (Phi) is 6.81. The van der Waals surface area contributed by atoms with E-state index in [0.717, 1.165) is 35.1 Å². The summed E-state index contributed by atoms with van der Waals surface area (Å²) < 4.78 is 16.5. The van der Waals surface area contributed by atoms with E-state index in [9.17, 15) is 10.1 Å². The van der Waals surface area contributed by atoms with E-state index in [0.29, 0.717) is 50.6 Å². The maximum Gasteiger partial charge on any atom is 0.306 e. The Balaban J connectivity index is 1.94. The van der Waals surface area contributed by atoms with Gasteiger partial charge < -0.3 is 14.2 Å². The standard InChI is InChI=1S/C20H27N3O4S/c1-4-26-17(24)5-10-28-19-15(12-21)14-11-20(2,3)27-13-16(14)18(22-19)23-6-8-25-9-7-23/h4-11,13H2,1-3H3/p+1. The van der Waals surface area contributed by atoms with Crippen molar-refractivity contribution in [1.29, 1.82) is 5.26 Å². The summed E-state index contributed by atoms with van der Waals surface area (Å²) in [6.45, 7) is 9.72. The molecule has 7 nitrogen and oxygen atoms in total. The summed E-state index contributed by atoms with van der Waals surface area (Å²) in [5, 5.41) is 10.7. The summed E-state index contributed by atoms with van der Waals surface area (Å²) in [6, 6.07) is 2.39. The first-order valence-corrected chi connectivity index (χ1v) is 10.7. The molecule has 0 bridgehead atoms. The lowest BCUT2D eigenvalue weighted by Gasteiger charge is -2.34. The molecule has 2 aliphatic rings. The van der Waals surface area contributed by atoms with Gasteiger partial charge in [-0.3, -0.25) is 9.69 Å². The van der Waals surface area contributed by atoms with E-state index in [-0.39, 0.29) is 11.6 Å². The molecule has 0 aromatic carbocycles. The molecule has 28 heavy (non-hydrogen) atoms. The van der Waals surface area contributed by atoms with Crippen LogP contribution in [0.4, 0.5) is 5.82 Å². The first kappa shape index (κ1) is 20.9. The van der Waals surface area contributed by atoms with Crippen molar-refractivity contribution in [3.05, 3.63) is 16.7 Å². The number of thioether (sulfide) groups is 1. The smallest absolute Gasteiger partial charge is 0.306 e. The zero-order valence-corrected chi connectivity index (χ0v) is 17.6. The first-order chi connectivity index (χ1) is 13.4. The SMILES string of the molecule is CCOC(=O)CCSc1[nH+]c(N2CCOCC2)c2c(c1C#N)CC(C)(C)OC2. The van der Waals surface area contributed by atoms with Gasteiger partial charge in [0.2, 0.25) is 0 Å². The number of morpholine rings is 1. The Hall–Kier alpha value is -1.82. The van der Waals surface area contributed by atoms with Crippen molar-refractivity contribution < 1.29 is 24.0 Å². The molecule has 1 fully saturated rings. The average molecular weight is 407 g/mol. The van der Waals surface area contributed by atoms with Crippen LogP contribution in [0.1, 0.15) is 43.9 Å². The molecule has 0 radical (unpaired) electrons. The van der Waals surface area contributed by atoms with E-state index in [2.05, 4.69) is 29.8 Å². The number of carbonyl (C=O) groups is 1. The zero-order chi connectivity index (χ0) is 20.1. The van der Waals surface area contributed by atoms with Gasteiger partial charge in [-0.15, -0.1) is 0 Å². The highest BCUT2D eigenvalue weighted by atomic mass is 32.2. The van der Waals surface area contributed by atoms with E-state index < -0.39 is 0 Å². The second-order valence-corrected chi connectivity index (χ2v) is 8.58. The molecule has 3 rings (SSSR count). The molecule has 0 atom stereocenters. The number of carbonyl (C=O) groups excluding carboxylic acids is 1. The van der Waals surface area contributed by atoms with Gasteiger partial charge >= 0.3 is 5.97 Å². The number of aromatic nitrogens is 1. The maximum atomic E-state index is 11.7. The van der Waals surface area contributed by atoms with Crippen LogP contribution in [0.2, 0.25) is 0 Å².